The van der Waals surface area contributed by atoms with E-state index in [0.717, 1.165) is 17.1 Å². The molecule has 0 atom stereocenters. The molecule has 0 aliphatic carbocycles. The first-order valence-corrected chi connectivity index (χ1v) is 16.2. The van der Waals surface area contributed by atoms with Gasteiger partial charge in [-0.1, -0.05) is 152 Å². The lowest BCUT2D eigenvalue weighted by Gasteiger charge is -2.26. The highest BCUT2D eigenvalue weighted by Gasteiger charge is 2.15. The summed E-state index contributed by atoms with van der Waals surface area (Å²) in [6.07, 6.45) is 0. The number of rotatable bonds is 5. The van der Waals surface area contributed by atoms with E-state index >= 15 is 0 Å². The van der Waals surface area contributed by atoms with Crippen LogP contribution in [0.15, 0.2) is 188 Å². The first kappa shape index (κ1) is 27.2. The number of hydrogen-bond acceptors (Lipinski definition) is 1. The van der Waals surface area contributed by atoms with Crippen LogP contribution in [0.25, 0.3) is 65.3 Å². The second-order valence-corrected chi connectivity index (χ2v) is 12.2. The van der Waals surface area contributed by atoms with Crippen molar-refractivity contribution in [1.29, 1.82) is 0 Å². The lowest BCUT2D eigenvalue weighted by atomic mass is 9.96. The Morgan fingerprint density at radius 1 is 0.277 bits per heavy atom. The van der Waals surface area contributed by atoms with Crippen molar-refractivity contribution in [3.05, 3.63) is 188 Å². The molecule has 0 saturated heterocycles. The minimum atomic E-state index is 1.12. The molecule has 9 rings (SSSR count). The topological polar surface area (TPSA) is 3.24 Å². The molecular weight excluding hydrogens is 567 g/mol. The molecule has 0 spiro atoms. The van der Waals surface area contributed by atoms with Gasteiger partial charge in [-0.05, 0) is 102 Å². The zero-order valence-electron chi connectivity index (χ0n) is 25.8. The SMILES string of the molecule is c1ccc(-c2ccc(N(c3ccc(-c4cccc5ccccc45)cc3)c3ccc4c(ccc5ccc6ccccc6c54)c3)cc2)cc1. The first-order valence-electron chi connectivity index (χ1n) is 16.2. The van der Waals surface area contributed by atoms with Crippen molar-refractivity contribution in [1.82, 2.24) is 0 Å². The van der Waals surface area contributed by atoms with E-state index in [1.54, 1.807) is 0 Å². The van der Waals surface area contributed by atoms with E-state index in [0.29, 0.717) is 0 Å². The molecule has 0 aliphatic heterocycles. The number of fused-ring (bicyclic) bond motifs is 6. The zero-order chi connectivity index (χ0) is 31.2. The molecule has 0 bridgehead atoms. The molecule has 220 valence electrons. The summed E-state index contributed by atoms with van der Waals surface area (Å²) in [5.41, 5.74) is 8.25. The van der Waals surface area contributed by atoms with Crippen molar-refractivity contribution in [3.63, 3.8) is 0 Å². The molecule has 9 aromatic rings. The van der Waals surface area contributed by atoms with Crippen LogP contribution < -0.4 is 4.90 Å². The standard InChI is InChI=1S/C46H31N/c1-2-9-32(10-3-1)33-21-25-39(26-22-33)47(40-27-23-36(24-28-40)43-16-8-13-34-11-4-6-14-42(34)43)41-29-30-45-38(31-41)20-19-37-18-17-35-12-5-7-15-44(35)46(37)45/h1-31H. The molecule has 0 radical (unpaired) electrons. The lowest BCUT2D eigenvalue weighted by molar-refractivity contribution is 1.29. The smallest absolute Gasteiger partial charge is 0.0468 e. The Morgan fingerprint density at radius 2 is 0.787 bits per heavy atom. The molecular formula is C46H31N. The van der Waals surface area contributed by atoms with E-state index in [-0.39, 0.29) is 0 Å². The third kappa shape index (κ3) is 4.81. The van der Waals surface area contributed by atoms with Gasteiger partial charge in [0.25, 0.3) is 0 Å². The minimum Gasteiger partial charge on any atom is -0.310 e. The van der Waals surface area contributed by atoms with Crippen molar-refractivity contribution in [2.75, 3.05) is 4.90 Å². The van der Waals surface area contributed by atoms with Gasteiger partial charge in [0.15, 0.2) is 0 Å². The first-order chi connectivity index (χ1) is 23.3. The summed E-state index contributed by atoms with van der Waals surface area (Å²) in [6, 6.07) is 68.2. The van der Waals surface area contributed by atoms with E-state index in [2.05, 4.69) is 193 Å². The fraction of sp³-hybridized carbons (Fsp3) is 0. The maximum absolute atomic E-state index is 2.37. The molecule has 0 amide bonds. The quantitative estimate of drug-likeness (QED) is 0.178. The Bertz CT molecular complexity index is 2540. The minimum absolute atomic E-state index is 1.12. The predicted molar refractivity (Wildman–Crippen MR) is 202 cm³/mol. The average Bonchev–Trinajstić information content (AvgIpc) is 3.15. The van der Waals surface area contributed by atoms with E-state index in [4.69, 9.17) is 0 Å². The van der Waals surface area contributed by atoms with Crippen LogP contribution in [0.5, 0.6) is 0 Å². The second-order valence-electron chi connectivity index (χ2n) is 12.2. The highest BCUT2D eigenvalue weighted by atomic mass is 15.1. The number of nitrogens with zero attached hydrogens (tertiary/aromatic N) is 1. The third-order valence-electron chi connectivity index (χ3n) is 9.43. The fourth-order valence-electron chi connectivity index (χ4n) is 7.11. The van der Waals surface area contributed by atoms with Gasteiger partial charge in [0.1, 0.15) is 0 Å². The summed E-state index contributed by atoms with van der Waals surface area (Å²) in [5.74, 6) is 0. The van der Waals surface area contributed by atoms with E-state index < -0.39 is 0 Å². The van der Waals surface area contributed by atoms with Crippen molar-refractivity contribution in [2.45, 2.75) is 0 Å². The summed E-state index contributed by atoms with van der Waals surface area (Å²) < 4.78 is 0. The van der Waals surface area contributed by atoms with E-state index in [1.165, 1.54) is 65.3 Å². The van der Waals surface area contributed by atoms with Crippen molar-refractivity contribution in [2.24, 2.45) is 0 Å². The Balaban J connectivity index is 1.19. The van der Waals surface area contributed by atoms with E-state index in [1.807, 2.05) is 0 Å². The Morgan fingerprint density at radius 3 is 1.53 bits per heavy atom. The maximum atomic E-state index is 2.37. The van der Waals surface area contributed by atoms with Gasteiger partial charge >= 0.3 is 0 Å². The second kappa shape index (κ2) is 11.3. The molecule has 0 aliphatic rings. The molecule has 0 saturated carbocycles. The highest BCUT2D eigenvalue weighted by Crippen LogP contribution is 2.40. The van der Waals surface area contributed by atoms with Crippen molar-refractivity contribution in [3.8, 4) is 22.3 Å². The van der Waals surface area contributed by atoms with Gasteiger partial charge in [-0.2, -0.15) is 0 Å². The van der Waals surface area contributed by atoms with Gasteiger partial charge in [-0.15, -0.1) is 0 Å². The zero-order valence-corrected chi connectivity index (χ0v) is 25.8. The van der Waals surface area contributed by atoms with Crippen LogP contribution in [0.4, 0.5) is 17.1 Å². The summed E-state index contributed by atoms with van der Waals surface area (Å²) >= 11 is 0. The fourth-order valence-corrected chi connectivity index (χ4v) is 7.11. The molecule has 9 aromatic carbocycles. The van der Waals surface area contributed by atoms with Gasteiger partial charge in [0.05, 0.1) is 0 Å². The van der Waals surface area contributed by atoms with Crippen LogP contribution >= 0.6 is 0 Å². The largest absolute Gasteiger partial charge is 0.310 e. The van der Waals surface area contributed by atoms with Gasteiger partial charge in [0.2, 0.25) is 0 Å². The van der Waals surface area contributed by atoms with E-state index in [9.17, 15) is 0 Å². The van der Waals surface area contributed by atoms with Crippen molar-refractivity contribution >= 4 is 60.2 Å². The monoisotopic (exact) mass is 597 g/mol. The summed E-state index contributed by atoms with van der Waals surface area (Å²) in [7, 11) is 0. The predicted octanol–water partition coefficient (Wildman–Crippen LogP) is 13.1. The van der Waals surface area contributed by atoms with Gasteiger partial charge in [-0.3, -0.25) is 0 Å². The third-order valence-corrected chi connectivity index (χ3v) is 9.43. The van der Waals surface area contributed by atoms with Gasteiger partial charge in [0, 0.05) is 17.1 Å². The van der Waals surface area contributed by atoms with Crippen molar-refractivity contribution < 1.29 is 0 Å². The summed E-state index contributed by atoms with van der Waals surface area (Å²) in [4.78, 5) is 2.37. The molecule has 47 heavy (non-hydrogen) atoms. The molecule has 0 unspecified atom stereocenters. The van der Waals surface area contributed by atoms with Crippen LogP contribution in [0.2, 0.25) is 0 Å². The Hall–Kier alpha value is -6.18. The normalized spacial score (nSPS) is 11.4. The average molecular weight is 598 g/mol. The van der Waals surface area contributed by atoms with Crippen LogP contribution in [-0.2, 0) is 0 Å². The van der Waals surface area contributed by atoms with Crippen LogP contribution in [0, 0.1) is 0 Å². The van der Waals surface area contributed by atoms with Crippen LogP contribution in [0.1, 0.15) is 0 Å². The number of anilines is 3. The maximum Gasteiger partial charge on any atom is 0.0468 e. The highest BCUT2D eigenvalue weighted by molar-refractivity contribution is 6.20. The molecule has 1 heteroatoms. The number of hydrogen-bond donors (Lipinski definition) is 0. The Kier molecular flexibility index (Phi) is 6.54. The number of benzene rings is 9. The molecule has 0 fully saturated rings. The summed E-state index contributed by atoms with van der Waals surface area (Å²) in [6.45, 7) is 0. The Labute approximate surface area is 274 Å². The van der Waals surface area contributed by atoms with Gasteiger partial charge in [-0.25, -0.2) is 0 Å². The van der Waals surface area contributed by atoms with Gasteiger partial charge < -0.3 is 4.90 Å². The molecule has 0 N–H and O–H groups in total. The lowest BCUT2D eigenvalue weighted by Crippen LogP contribution is -2.09. The van der Waals surface area contributed by atoms with Crippen LogP contribution in [0.3, 0.4) is 0 Å². The molecule has 1 nitrogen and oxygen atoms in total. The summed E-state index contributed by atoms with van der Waals surface area (Å²) in [5, 5.41) is 10.2. The molecule has 0 aromatic heterocycles. The van der Waals surface area contributed by atoms with Crippen LogP contribution in [-0.4, -0.2) is 0 Å². The molecule has 0 heterocycles.